The highest BCUT2D eigenvalue weighted by Crippen LogP contribution is 2.25. The van der Waals surface area contributed by atoms with E-state index in [1.54, 1.807) is 0 Å². The maximum atomic E-state index is 11.5. The number of nitrogens with zero attached hydrogens (tertiary/aromatic N) is 2. The number of hydrogen-bond donors (Lipinski definition) is 1. The van der Waals surface area contributed by atoms with Crippen molar-refractivity contribution in [3.05, 3.63) is 16.6 Å². The maximum absolute atomic E-state index is 11.5. The van der Waals surface area contributed by atoms with Crippen molar-refractivity contribution in [1.82, 2.24) is 9.97 Å². The molecule has 17 heavy (non-hydrogen) atoms. The first-order valence-corrected chi connectivity index (χ1v) is 5.94. The first-order chi connectivity index (χ1) is 8.15. The van der Waals surface area contributed by atoms with Crippen LogP contribution in [-0.4, -0.2) is 29.1 Å². The molecule has 0 aromatic carbocycles. The molecule has 0 saturated carbocycles. The molecule has 1 amide bonds. The lowest BCUT2D eigenvalue weighted by atomic mass is 10.4. The van der Waals surface area contributed by atoms with Crippen molar-refractivity contribution < 1.29 is 9.53 Å². The maximum Gasteiger partial charge on any atom is 0.226 e. The van der Waals surface area contributed by atoms with Crippen LogP contribution in [0.15, 0.2) is 6.33 Å². The molecule has 0 saturated heterocycles. The summed E-state index contributed by atoms with van der Waals surface area (Å²) >= 11 is 11.6. The number of aromatic nitrogens is 2. The molecule has 1 rings (SSSR count). The summed E-state index contributed by atoms with van der Waals surface area (Å²) < 4.78 is 5.19. The van der Waals surface area contributed by atoms with Crippen LogP contribution in [0.5, 0.6) is 0 Å². The van der Waals surface area contributed by atoms with Crippen molar-refractivity contribution in [1.29, 1.82) is 0 Å². The van der Waals surface area contributed by atoms with Crippen LogP contribution in [0.25, 0.3) is 0 Å². The van der Waals surface area contributed by atoms with Gasteiger partial charge in [-0.3, -0.25) is 4.79 Å². The van der Waals surface area contributed by atoms with Gasteiger partial charge in [-0.25, -0.2) is 9.97 Å². The molecule has 0 fully saturated rings. The lowest BCUT2D eigenvalue weighted by molar-refractivity contribution is -0.117. The van der Waals surface area contributed by atoms with Gasteiger partial charge < -0.3 is 10.1 Å². The summed E-state index contributed by atoms with van der Waals surface area (Å²) in [6.07, 6.45) is 2.39. The second-order valence-corrected chi connectivity index (χ2v) is 3.96. The van der Waals surface area contributed by atoms with E-state index in [0.29, 0.717) is 13.2 Å². The van der Waals surface area contributed by atoms with Gasteiger partial charge in [0.15, 0.2) is 10.3 Å². The predicted molar refractivity (Wildman–Crippen MR) is 66.4 cm³/mol. The molecule has 5 nitrogen and oxygen atoms in total. The summed E-state index contributed by atoms with van der Waals surface area (Å²) in [5.41, 5.74) is 0.233. The van der Waals surface area contributed by atoms with E-state index < -0.39 is 0 Å². The van der Waals surface area contributed by atoms with E-state index in [0.717, 1.165) is 6.42 Å². The Hall–Kier alpha value is -0.910. The largest absolute Gasteiger partial charge is 0.381 e. The molecule has 1 aromatic rings. The molecule has 0 radical (unpaired) electrons. The second kappa shape index (κ2) is 7.42. The number of hydrogen-bond acceptors (Lipinski definition) is 4. The standard InChI is InChI=1S/C10H13Cl2N3O2/c1-2-4-17-5-3-7(16)15-8-9(11)13-6-14-10(8)12/h6H,2-5H2,1H3,(H,15,16). The van der Waals surface area contributed by atoms with Gasteiger partial charge in [-0.15, -0.1) is 0 Å². The van der Waals surface area contributed by atoms with Crippen molar-refractivity contribution in [3.8, 4) is 0 Å². The molecule has 0 bridgehead atoms. The molecule has 1 N–H and O–H groups in total. The topological polar surface area (TPSA) is 64.1 Å². The molecule has 0 atom stereocenters. The summed E-state index contributed by atoms with van der Waals surface area (Å²) in [5, 5.41) is 2.78. The monoisotopic (exact) mass is 277 g/mol. The highest BCUT2D eigenvalue weighted by molar-refractivity contribution is 6.38. The van der Waals surface area contributed by atoms with E-state index in [4.69, 9.17) is 27.9 Å². The van der Waals surface area contributed by atoms with Gasteiger partial charge in [-0.1, -0.05) is 30.1 Å². The first kappa shape index (κ1) is 14.2. The van der Waals surface area contributed by atoms with Gasteiger partial charge in [0.1, 0.15) is 12.0 Å². The summed E-state index contributed by atoms with van der Waals surface area (Å²) in [4.78, 5) is 19.0. The lowest BCUT2D eigenvalue weighted by Gasteiger charge is -2.07. The fraction of sp³-hybridized carbons (Fsp3) is 0.500. The highest BCUT2D eigenvalue weighted by atomic mass is 35.5. The Balaban J connectivity index is 2.45. The van der Waals surface area contributed by atoms with Crippen LogP contribution in [0.3, 0.4) is 0 Å². The summed E-state index contributed by atoms with van der Waals surface area (Å²) in [6.45, 7) is 3.01. The van der Waals surface area contributed by atoms with E-state index in [1.165, 1.54) is 6.33 Å². The van der Waals surface area contributed by atoms with Crippen molar-refractivity contribution in [2.45, 2.75) is 19.8 Å². The predicted octanol–water partition coefficient (Wildman–Crippen LogP) is 2.54. The number of anilines is 1. The SMILES string of the molecule is CCCOCCC(=O)Nc1c(Cl)ncnc1Cl. The van der Waals surface area contributed by atoms with Crippen molar-refractivity contribution in [2.24, 2.45) is 0 Å². The first-order valence-electron chi connectivity index (χ1n) is 5.18. The van der Waals surface area contributed by atoms with Gasteiger partial charge in [0.25, 0.3) is 0 Å². The van der Waals surface area contributed by atoms with E-state index in [9.17, 15) is 4.79 Å². The minimum absolute atomic E-state index is 0.118. The number of carbonyl (C=O) groups is 1. The van der Waals surface area contributed by atoms with Crippen LogP contribution in [-0.2, 0) is 9.53 Å². The number of rotatable bonds is 6. The molecule has 1 heterocycles. The highest BCUT2D eigenvalue weighted by Gasteiger charge is 2.11. The van der Waals surface area contributed by atoms with Crippen molar-refractivity contribution >= 4 is 34.8 Å². The van der Waals surface area contributed by atoms with Crippen LogP contribution < -0.4 is 5.32 Å². The fourth-order valence-corrected chi connectivity index (χ4v) is 1.47. The molecule has 1 aromatic heterocycles. The second-order valence-electron chi connectivity index (χ2n) is 3.24. The van der Waals surface area contributed by atoms with Crippen molar-refractivity contribution in [2.75, 3.05) is 18.5 Å². The van der Waals surface area contributed by atoms with Crippen LogP contribution in [0.2, 0.25) is 10.3 Å². The van der Waals surface area contributed by atoms with Gasteiger partial charge in [0.2, 0.25) is 5.91 Å². The fourth-order valence-electron chi connectivity index (χ4n) is 1.06. The smallest absolute Gasteiger partial charge is 0.226 e. The lowest BCUT2D eigenvalue weighted by Crippen LogP contribution is -2.15. The summed E-state index contributed by atoms with van der Waals surface area (Å²) in [7, 11) is 0. The van der Waals surface area contributed by atoms with Gasteiger partial charge in [-0.2, -0.15) is 0 Å². The normalized spacial score (nSPS) is 10.3. The Morgan fingerprint density at radius 2 is 2.00 bits per heavy atom. The van der Waals surface area contributed by atoms with Crippen LogP contribution in [0.1, 0.15) is 19.8 Å². The van der Waals surface area contributed by atoms with E-state index >= 15 is 0 Å². The quantitative estimate of drug-likeness (QED) is 0.641. The number of halogens is 2. The molecule has 94 valence electrons. The van der Waals surface area contributed by atoms with E-state index in [-0.39, 0.29) is 28.3 Å². The zero-order chi connectivity index (χ0) is 12.7. The summed E-state index contributed by atoms with van der Waals surface area (Å²) in [6, 6.07) is 0. The molecular formula is C10H13Cl2N3O2. The van der Waals surface area contributed by atoms with E-state index in [2.05, 4.69) is 15.3 Å². The number of amides is 1. The third-order valence-corrected chi connectivity index (χ3v) is 2.41. The molecule has 0 aliphatic carbocycles. The molecule has 0 aliphatic heterocycles. The number of ether oxygens (including phenoxy) is 1. The van der Waals surface area contributed by atoms with Gasteiger partial charge in [0, 0.05) is 6.61 Å². The number of nitrogens with one attached hydrogen (secondary N) is 1. The van der Waals surface area contributed by atoms with Gasteiger partial charge in [0.05, 0.1) is 13.0 Å². The third kappa shape index (κ3) is 4.85. The Labute approximate surface area is 109 Å². The van der Waals surface area contributed by atoms with Crippen LogP contribution >= 0.6 is 23.2 Å². The molecule has 0 aliphatic rings. The Morgan fingerprint density at radius 3 is 2.59 bits per heavy atom. The molecule has 0 unspecified atom stereocenters. The summed E-state index contributed by atoms with van der Waals surface area (Å²) in [5.74, 6) is -0.236. The molecular weight excluding hydrogens is 265 g/mol. The van der Waals surface area contributed by atoms with E-state index in [1.807, 2.05) is 6.92 Å². The Bertz CT molecular complexity index is 368. The van der Waals surface area contributed by atoms with Crippen molar-refractivity contribution in [3.63, 3.8) is 0 Å². The molecule has 0 spiro atoms. The third-order valence-electron chi connectivity index (χ3n) is 1.84. The van der Waals surface area contributed by atoms with Gasteiger partial charge >= 0.3 is 0 Å². The average molecular weight is 278 g/mol. The minimum Gasteiger partial charge on any atom is -0.381 e. The number of carbonyl (C=O) groups excluding carboxylic acids is 1. The molecule has 7 heteroatoms. The van der Waals surface area contributed by atoms with Crippen LogP contribution in [0, 0.1) is 0 Å². The zero-order valence-corrected chi connectivity index (χ0v) is 10.9. The minimum atomic E-state index is -0.236. The van der Waals surface area contributed by atoms with Crippen LogP contribution in [0.4, 0.5) is 5.69 Å². The zero-order valence-electron chi connectivity index (χ0n) is 9.37. The Kier molecular flexibility index (Phi) is 6.18. The average Bonchev–Trinajstić information content (AvgIpc) is 2.30. The Morgan fingerprint density at radius 1 is 1.35 bits per heavy atom. The van der Waals surface area contributed by atoms with Gasteiger partial charge in [-0.05, 0) is 6.42 Å².